The van der Waals surface area contributed by atoms with Crippen LogP contribution in [0.1, 0.15) is 50.2 Å². The Morgan fingerprint density at radius 1 is 0.512 bits per heavy atom. The van der Waals surface area contributed by atoms with Gasteiger partial charge in [0.1, 0.15) is 11.6 Å². The monoisotopic (exact) mass is 638 g/mol. The topological polar surface area (TPSA) is 134 Å². The van der Waals surface area contributed by atoms with E-state index in [4.69, 9.17) is 39.8 Å². The summed E-state index contributed by atoms with van der Waals surface area (Å²) in [4.78, 5) is 13.4. The van der Waals surface area contributed by atoms with E-state index in [1.165, 1.54) is 0 Å². The number of nitrogens with one attached hydrogen (secondary N) is 1. The highest BCUT2D eigenvalue weighted by Gasteiger charge is 2.42. The molecule has 0 fully saturated rings. The zero-order valence-corrected chi connectivity index (χ0v) is 30.1. The van der Waals surface area contributed by atoms with Crippen molar-refractivity contribution in [2.75, 3.05) is 75.8 Å². The van der Waals surface area contributed by atoms with Gasteiger partial charge < -0.3 is 45.2 Å². The van der Waals surface area contributed by atoms with Crippen molar-refractivity contribution in [2.45, 2.75) is 70.5 Å². The zero-order valence-electron chi connectivity index (χ0n) is 27.1. The number of aromatic nitrogens is 3. The second-order valence-electron chi connectivity index (χ2n) is 10.1. The lowest BCUT2D eigenvalue weighted by Crippen LogP contribution is -2.44. The molecule has 0 atom stereocenters. The van der Waals surface area contributed by atoms with Gasteiger partial charge in [-0.1, -0.05) is 0 Å². The van der Waals surface area contributed by atoms with Crippen molar-refractivity contribution >= 4 is 32.4 Å². The first-order valence-electron chi connectivity index (χ1n) is 13.9. The molecule has 0 bridgehead atoms. The molecule has 0 radical (unpaired) electrons. The Morgan fingerprint density at radius 3 is 1.07 bits per heavy atom. The first-order valence-corrected chi connectivity index (χ1v) is 19.7. The summed E-state index contributed by atoms with van der Waals surface area (Å²) in [5.41, 5.74) is -0.158. The number of aryl methyl sites for hydroxylation is 2. The van der Waals surface area contributed by atoms with E-state index in [-0.39, 0.29) is 5.41 Å². The normalized spacial score (nSPS) is 13.1. The van der Waals surface area contributed by atoms with E-state index in [2.05, 4.69) is 20.3 Å². The molecule has 0 aliphatic heterocycles. The summed E-state index contributed by atoms with van der Waals surface area (Å²) in [5.74, 6) is 1.92. The molecule has 0 amide bonds. The molecule has 13 nitrogen and oxygen atoms in total. The Morgan fingerprint density at radius 2 is 0.805 bits per heavy atom. The van der Waals surface area contributed by atoms with Gasteiger partial charge in [-0.25, -0.2) is 4.98 Å². The molecule has 0 unspecified atom stereocenters. The quantitative estimate of drug-likeness (QED) is 0.164. The molecular weight excluding hydrogens is 585 g/mol. The van der Waals surface area contributed by atoms with Gasteiger partial charge in [0.25, 0.3) is 0 Å². The van der Waals surface area contributed by atoms with Gasteiger partial charge in [0.15, 0.2) is 0 Å². The molecule has 16 heteroatoms. The summed E-state index contributed by atoms with van der Waals surface area (Å²) >= 11 is 0. The summed E-state index contributed by atoms with van der Waals surface area (Å²) in [6, 6.07) is 2.09. The lowest BCUT2D eigenvalue weighted by Gasteiger charge is -2.37. The SMILES string of the molecule is CO[Si](CCCC(CCC[Si](OC)(OC)OC)(CCC[Si](OC)(OC)OC)CNc1nc(C)nc(C)n1)(OC)OC. The number of hydrogen-bond donors (Lipinski definition) is 1. The summed E-state index contributed by atoms with van der Waals surface area (Å²) in [7, 11) is 6.62. The summed E-state index contributed by atoms with van der Waals surface area (Å²) in [6.07, 6.45) is 5.20. The Balaban J connectivity index is 3.33. The van der Waals surface area contributed by atoms with Crippen molar-refractivity contribution in [3.8, 4) is 0 Å². The lowest BCUT2D eigenvalue weighted by atomic mass is 9.75. The molecule has 0 saturated heterocycles. The van der Waals surface area contributed by atoms with Crippen LogP contribution in [0.25, 0.3) is 0 Å². The van der Waals surface area contributed by atoms with Crippen molar-refractivity contribution in [1.82, 2.24) is 15.0 Å². The summed E-state index contributed by atoms with van der Waals surface area (Å²) in [6.45, 7) is 4.39. The first-order chi connectivity index (χ1) is 19.5. The van der Waals surface area contributed by atoms with Gasteiger partial charge in [-0.15, -0.1) is 0 Å². The fraction of sp³-hybridized carbons (Fsp3) is 0.880. The molecule has 0 spiro atoms. The number of rotatable bonds is 24. The standard InChI is InChI=1S/C25H54N4O9Si3/c1-22-27-23(2)29-24(28-22)26-21-25(15-12-18-39(30-3,31-4)32-5,16-13-19-40(33-6,34-7)35-8)17-14-20-41(36-9,37-10)38-11/h12-21H2,1-11H3,(H,26,27,28,29). The van der Waals surface area contributed by atoms with Gasteiger partial charge in [0.2, 0.25) is 5.95 Å². The minimum atomic E-state index is -2.74. The second kappa shape index (κ2) is 18.7. The molecule has 41 heavy (non-hydrogen) atoms. The summed E-state index contributed by atoms with van der Waals surface area (Å²) < 4.78 is 51.4. The third-order valence-corrected chi connectivity index (χ3v) is 16.3. The minimum Gasteiger partial charge on any atom is -0.377 e. The first kappa shape index (κ1) is 38.1. The highest BCUT2D eigenvalue weighted by Crippen LogP contribution is 2.39. The van der Waals surface area contributed by atoms with E-state index in [0.29, 0.717) is 42.3 Å². The van der Waals surface area contributed by atoms with Crippen LogP contribution < -0.4 is 5.32 Å². The molecule has 1 N–H and O–H groups in total. The van der Waals surface area contributed by atoms with E-state index in [0.717, 1.165) is 38.5 Å². The van der Waals surface area contributed by atoms with Gasteiger partial charge in [-0.05, 0) is 57.8 Å². The smallest absolute Gasteiger partial charge is 0.377 e. The second-order valence-corrected chi connectivity index (χ2v) is 19.3. The van der Waals surface area contributed by atoms with E-state index in [1.54, 1.807) is 64.0 Å². The Hall–Kier alpha value is -0.899. The van der Waals surface area contributed by atoms with Crippen LogP contribution in [0.5, 0.6) is 0 Å². The molecule has 0 aliphatic rings. The largest absolute Gasteiger partial charge is 0.500 e. The van der Waals surface area contributed by atoms with Crippen molar-refractivity contribution in [3.05, 3.63) is 11.6 Å². The Labute approximate surface area is 250 Å². The molecule has 0 aromatic carbocycles. The van der Waals surface area contributed by atoms with Gasteiger partial charge in [-0.3, -0.25) is 0 Å². The highest BCUT2D eigenvalue weighted by molar-refractivity contribution is 6.61. The average molecular weight is 639 g/mol. The third kappa shape index (κ3) is 11.6. The fourth-order valence-electron chi connectivity index (χ4n) is 5.31. The number of anilines is 1. The van der Waals surface area contributed by atoms with Crippen molar-refractivity contribution in [3.63, 3.8) is 0 Å². The molecule has 0 aliphatic carbocycles. The maximum absolute atomic E-state index is 5.71. The van der Waals surface area contributed by atoms with Crippen LogP contribution in [0.4, 0.5) is 5.95 Å². The van der Waals surface area contributed by atoms with Crippen LogP contribution in [0, 0.1) is 19.3 Å². The van der Waals surface area contributed by atoms with E-state index in [1.807, 2.05) is 13.8 Å². The maximum Gasteiger partial charge on any atom is 0.500 e. The molecule has 1 rings (SSSR count). The van der Waals surface area contributed by atoms with Crippen LogP contribution in [-0.2, 0) is 39.8 Å². The zero-order chi connectivity index (χ0) is 31.0. The van der Waals surface area contributed by atoms with Gasteiger partial charge >= 0.3 is 26.4 Å². The lowest BCUT2D eigenvalue weighted by molar-refractivity contribution is 0.115. The average Bonchev–Trinajstić information content (AvgIpc) is 2.99. The van der Waals surface area contributed by atoms with Crippen molar-refractivity contribution in [1.29, 1.82) is 0 Å². The molecule has 1 aromatic heterocycles. The van der Waals surface area contributed by atoms with Crippen molar-refractivity contribution in [2.24, 2.45) is 5.41 Å². The molecular formula is C25H54N4O9Si3. The van der Waals surface area contributed by atoms with Gasteiger partial charge in [0.05, 0.1) is 0 Å². The number of nitrogens with zero attached hydrogens (tertiary/aromatic N) is 3. The third-order valence-electron chi connectivity index (χ3n) is 7.85. The van der Waals surface area contributed by atoms with E-state index < -0.39 is 26.4 Å². The fourth-order valence-corrected chi connectivity index (χ4v) is 10.5. The van der Waals surface area contributed by atoms with Gasteiger partial charge in [0, 0.05) is 88.7 Å². The van der Waals surface area contributed by atoms with Crippen LogP contribution in [-0.4, -0.2) is 112 Å². The van der Waals surface area contributed by atoms with Crippen LogP contribution in [0.15, 0.2) is 0 Å². The summed E-state index contributed by atoms with van der Waals surface area (Å²) in [5, 5.41) is 3.53. The molecule has 0 saturated carbocycles. The number of hydrogen-bond acceptors (Lipinski definition) is 13. The maximum atomic E-state index is 5.71. The van der Waals surface area contributed by atoms with E-state index >= 15 is 0 Å². The predicted octanol–water partition coefficient (Wildman–Crippen LogP) is 3.86. The van der Waals surface area contributed by atoms with Crippen LogP contribution in [0.3, 0.4) is 0 Å². The molecule has 240 valence electrons. The van der Waals surface area contributed by atoms with Crippen LogP contribution in [0.2, 0.25) is 18.1 Å². The Kier molecular flexibility index (Phi) is 17.4. The molecule has 1 heterocycles. The van der Waals surface area contributed by atoms with Crippen molar-refractivity contribution < 1.29 is 39.8 Å². The van der Waals surface area contributed by atoms with Crippen LogP contribution >= 0.6 is 0 Å². The highest BCUT2D eigenvalue weighted by atomic mass is 28.4. The minimum absolute atomic E-state index is 0.158. The predicted molar refractivity (Wildman–Crippen MR) is 163 cm³/mol. The van der Waals surface area contributed by atoms with Gasteiger partial charge in [-0.2, -0.15) is 9.97 Å². The molecule has 1 aromatic rings. The Bertz CT molecular complexity index is 754. The van der Waals surface area contributed by atoms with E-state index in [9.17, 15) is 0 Å².